The molecule has 3 N–H and O–H groups in total. The SMILES string of the molecule is Cc1ccc2sc(OC(=O)NC3(C(=O)N[C@H](Cc4ccccc4)C(=O)NCC4CCN(CC5CCOCC5)CC4)CCCC3)cc2c1. The van der Waals surface area contributed by atoms with Gasteiger partial charge in [-0.2, -0.15) is 0 Å². The van der Waals surface area contributed by atoms with Crippen LogP contribution >= 0.6 is 11.3 Å². The van der Waals surface area contributed by atoms with Gasteiger partial charge in [0.15, 0.2) is 5.06 Å². The van der Waals surface area contributed by atoms with Crippen molar-refractivity contribution in [3.8, 4) is 5.06 Å². The van der Waals surface area contributed by atoms with Gasteiger partial charge >= 0.3 is 6.09 Å². The summed E-state index contributed by atoms with van der Waals surface area (Å²) >= 11 is 1.40. The van der Waals surface area contributed by atoms with Gasteiger partial charge in [-0.15, -0.1) is 0 Å². The number of ether oxygens (including phenoxy) is 2. The summed E-state index contributed by atoms with van der Waals surface area (Å²) in [6.07, 6.45) is 6.69. The van der Waals surface area contributed by atoms with E-state index >= 15 is 0 Å². The van der Waals surface area contributed by atoms with E-state index in [1.165, 1.54) is 11.3 Å². The normalized spacial score (nSPS) is 19.7. The molecule has 2 saturated heterocycles. The third-order valence-electron chi connectivity index (χ3n) is 10.1. The summed E-state index contributed by atoms with van der Waals surface area (Å²) in [5, 5.41) is 10.6. The Balaban J connectivity index is 1.06. The van der Waals surface area contributed by atoms with E-state index in [2.05, 4.69) is 26.9 Å². The maximum Gasteiger partial charge on any atom is 0.414 e. The summed E-state index contributed by atoms with van der Waals surface area (Å²) in [5.74, 6) is 0.606. The highest BCUT2D eigenvalue weighted by Gasteiger charge is 2.44. The Morgan fingerprint density at radius 3 is 2.47 bits per heavy atom. The van der Waals surface area contributed by atoms with E-state index in [1.807, 2.05) is 55.5 Å². The molecule has 3 fully saturated rings. The van der Waals surface area contributed by atoms with Crippen LogP contribution in [0.4, 0.5) is 4.79 Å². The smallest absolute Gasteiger partial charge is 0.399 e. The summed E-state index contributed by atoms with van der Waals surface area (Å²) in [7, 11) is 0. The summed E-state index contributed by atoms with van der Waals surface area (Å²) in [6.45, 7) is 7.61. The monoisotopic (exact) mass is 660 g/mol. The number of carbonyl (C=O) groups excluding carboxylic acids is 3. The topological polar surface area (TPSA) is 109 Å². The quantitative estimate of drug-likeness (QED) is 0.248. The minimum atomic E-state index is -1.13. The number of amides is 3. The lowest BCUT2D eigenvalue weighted by Crippen LogP contribution is -2.61. The van der Waals surface area contributed by atoms with Crippen molar-refractivity contribution in [1.29, 1.82) is 0 Å². The molecule has 0 radical (unpaired) electrons. The molecule has 2 aromatic carbocycles. The van der Waals surface area contributed by atoms with Crippen molar-refractivity contribution < 1.29 is 23.9 Å². The largest absolute Gasteiger partial charge is 0.414 e. The fraction of sp³-hybridized carbons (Fsp3) is 0.541. The fourth-order valence-corrected chi connectivity index (χ4v) is 8.17. The zero-order chi connectivity index (χ0) is 32.6. The number of benzene rings is 2. The van der Waals surface area contributed by atoms with Crippen molar-refractivity contribution in [3.05, 3.63) is 65.7 Å². The van der Waals surface area contributed by atoms with E-state index in [4.69, 9.17) is 9.47 Å². The molecule has 1 aliphatic carbocycles. The van der Waals surface area contributed by atoms with Crippen LogP contribution in [0.25, 0.3) is 10.1 Å². The van der Waals surface area contributed by atoms with Crippen molar-refractivity contribution in [2.75, 3.05) is 39.4 Å². The van der Waals surface area contributed by atoms with Crippen LogP contribution in [0.1, 0.15) is 62.5 Å². The van der Waals surface area contributed by atoms with E-state index in [0.29, 0.717) is 36.8 Å². The van der Waals surface area contributed by atoms with E-state index in [-0.39, 0.29) is 11.8 Å². The van der Waals surface area contributed by atoms with E-state index in [0.717, 1.165) is 98.5 Å². The summed E-state index contributed by atoms with van der Waals surface area (Å²) in [5.41, 5.74) is 0.965. The predicted molar refractivity (Wildman–Crippen MR) is 185 cm³/mol. The standard InChI is InChI=1S/C37H48N4O5S/c1-26-9-10-32-30(21-26)23-33(47-32)46-36(44)40-37(15-5-6-16-37)35(43)39-31(22-27-7-3-2-4-8-27)34(42)38-24-28-11-17-41(18-12-28)25-29-13-19-45-20-14-29/h2-4,7-10,21,23,28-29,31H,5-6,11-20,22,24-25H2,1H3,(H,38,42)(H,39,43)(H,40,44)/t31-/m1/s1. The Morgan fingerprint density at radius 1 is 0.979 bits per heavy atom. The van der Waals surface area contributed by atoms with E-state index in [9.17, 15) is 14.4 Å². The molecule has 2 aliphatic heterocycles. The average molecular weight is 661 g/mol. The molecule has 47 heavy (non-hydrogen) atoms. The molecular formula is C37H48N4O5S. The van der Waals surface area contributed by atoms with Gasteiger partial charge in [-0.25, -0.2) is 4.79 Å². The van der Waals surface area contributed by atoms with Gasteiger partial charge < -0.3 is 30.3 Å². The third-order valence-corrected chi connectivity index (χ3v) is 11.1. The van der Waals surface area contributed by atoms with Gasteiger partial charge in [0.25, 0.3) is 0 Å². The molecule has 3 heterocycles. The molecule has 0 bridgehead atoms. The number of piperidine rings is 1. The molecule has 0 unspecified atom stereocenters. The summed E-state index contributed by atoms with van der Waals surface area (Å²) in [4.78, 5) is 43.4. The molecule has 252 valence electrons. The number of hydrogen-bond donors (Lipinski definition) is 3. The van der Waals surface area contributed by atoms with Crippen molar-refractivity contribution >= 4 is 39.3 Å². The number of nitrogens with one attached hydrogen (secondary N) is 3. The van der Waals surface area contributed by atoms with Gasteiger partial charge in [-0.3, -0.25) is 9.59 Å². The maximum atomic E-state index is 14.0. The first-order valence-corrected chi connectivity index (χ1v) is 18.1. The predicted octanol–water partition coefficient (Wildman–Crippen LogP) is 5.59. The summed E-state index contributed by atoms with van der Waals surface area (Å²) in [6, 6.07) is 16.9. The zero-order valence-electron chi connectivity index (χ0n) is 27.4. The highest BCUT2D eigenvalue weighted by atomic mass is 32.1. The van der Waals surface area contributed by atoms with E-state index < -0.39 is 17.7 Å². The van der Waals surface area contributed by atoms with Crippen LogP contribution in [0.15, 0.2) is 54.6 Å². The van der Waals surface area contributed by atoms with Crippen LogP contribution in [-0.4, -0.2) is 73.8 Å². The van der Waals surface area contributed by atoms with Crippen LogP contribution in [0.5, 0.6) is 5.06 Å². The fourth-order valence-electron chi connectivity index (χ4n) is 7.28. The first kappa shape index (κ1) is 33.4. The number of hydrogen-bond acceptors (Lipinski definition) is 7. The number of fused-ring (bicyclic) bond motifs is 1. The summed E-state index contributed by atoms with van der Waals surface area (Å²) < 4.78 is 12.2. The zero-order valence-corrected chi connectivity index (χ0v) is 28.2. The second-order valence-corrected chi connectivity index (χ2v) is 14.7. The molecule has 9 nitrogen and oxygen atoms in total. The number of likely N-dealkylation sites (tertiary alicyclic amines) is 1. The van der Waals surface area contributed by atoms with Crippen LogP contribution in [0, 0.1) is 18.8 Å². The minimum absolute atomic E-state index is 0.192. The molecule has 3 aliphatic rings. The number of nitrogens with zero attached hydrogens (tertiary/aromatic N) is 1. The molecule has 3 amide bonds. The molecule has 3 aromatic rings. The van der Waals surface area contributed by atoms with Crippen molar-refractivity contribution in [2.45, 2.75) is 76.3 Å². The average Bonchev–Trinajstić information content (AvgIpc) is 3.72. The van der Waals surface area contributed by atoms with Gasteiger partial charge in [-0.1, -0.05) is 72.2 Å². The van der Waals surface area contributed by atoms with Gasteiger partial charge in [0, 0.05) is 43.5 Å². The molecular weight excluding hydrogens is 612 g/mol. The number of aryl methyl sites for hydroxylation is 1. The van der Waals surface area contributed by atoms with Gasteiger partial charge in [0.05, 0.1) is 0 Å². The Kier molecular flexibility index (Phi) is 11.1. The molecule has 6 rings (SSSR count). The Labute approximate surface area is 281 Å². The lowest BCUT2D eigenvalue weighted by atomic mass is 9.93. The van der Waals surface area contributed by atoms with Crippen LogP contribution in [0.3, 0.4) is 0 Å². The third kappa shape index (κ3) is 8.91. The van der Waals surface area contributed by atoms with Crippen molar-refractivity contribution in [1.82, 2.24) is 20.9 Å². The molecule has 1 aromatic heterocycles. The second kappa shape index (κ2) is 15.6. The molecule has 1 atom stereocenters. The van der Waals surface area contributed by atoms with Gasteiger partial charge in [0.1, 0.15) is 11.6 Å². The van der Waals surface area contributed by atoms with Crippen molar-refractivity contribution in [2.24, 2.45) is 11.8 Å². The molecule has 10 heteroatoms. The Hall–Kier alpha value is -3.47. The number of rotatable bonds is 11. The lowest BCUT2D eigenvalue weighted by Gasteiger charge is -2.35. The Morgan fingerprint density at radius 2 is 1.72 bits per heavy atom. The van der Waals surface area contributed by atoms with Crippen LogP contribution in [-0.2, 0) is 20.7 Å². The van der Waals surface area contributed by atoms with Crippen molar-refractivity contribution in [3.63, 3.8) is 0 Å². The van der Waals surface area contributed by atoms with Crippen LogP contribution < -0.4 is 20.7 Å². The highest BCUT2D eigenvalue weighted by molar-refractivity contribution is 7.20. The first-order chi connectivity index (χ1) is 22.8. The highest BCUT2D eigenvalue weighted by Crippen LogP contribution is 2.34. The lowest BCUT2D eigenvalue weighted by molar-refractivity contribution is -0.132. The second-order valence-electron chi connectivity index (χ2n) is 13.7. The number of carbonyl (C=O) groups is 3. The van der Waals surface area contributed by atoms with Gasteiger partial charge in [0.2, 0.25) is 11.8 Å². The van der Waals surface area contributed by atoms with Crippen LogP contribution in [0.2, 0.25) is 0 Å². The Bertz CT molecular complexity index is 1510. The first-order valence-electron chi connectivity index (χ1n) is 17.3. The minimum Gasteiger partial charge on any atom is -0.399 e. The molecule has 1 saturated carbocycles. The molecule has 0 spiro atoms. The van der Waals surface area contributed by atoms with E-state index in [1.54, 1.807) is 0 Å². The number of thiophene rings is 1. The maximum absolute atomic E-state index is 14.0. The van der Waals surface area contributed by atoms with Gasteiger partial charge in [-0.05, 0) is 87.4 Å².